The van der Waals surface area contributed by atoms with Crippen LogP contribution in [0.2, 0.25) is 0 Å². The highest BCUT2D eigenvalue weighted by Gasteiger charge is 2.18. The third-order valence-corrected chi connectivity index (χ3v) is 12.2. The number of rotatable bonds is 10. The van der Waals surface area contributed by atoms with Crippen molar-refractivity contribution >= 4 is 78.6 Å². The summed E-state index contributed by atoms with van der Waals surface area (Å²) in [4.78, 5) is 4.75. The Balaban J connectivity index is 0.890. The molecule has 0 aliphatic rings. The monoisotopic (exact) mass is 816 g/mol. The average Bonchev–Trinajstić information content (AvgIpc) is 3.37. The third-order valence-electron chi connectivity index (χ3n) is 12.2. The number of anilines is 6. The predicted molar refractivity (Wildman–Crippen MR) is 275 cm³/mol. The Morgan fingerprint density at radius 3 is 1.16 bits per heavy atom. The van der Waals surface area contributed by atoms with E-state index < -0.39 is 0 Å². The second kappa shape index (κ2) is 17.1. The van der Waals surface area contributed by atoms with Crippen LogP contribution >= 0.6 is 0 Å². The SMILES string of the molecule is C(=C\c1ccc2cc(N(c3ccc(-c4ccccc4)cc3)c3cccc4ccccc34)ccc2c1)/c1ccc(N(c2ccc(-c3ccccc3)cc2)c2cccc3ccccc23)cc1. The van der Waals surface area contributed by atoms with Crippen LogP contribution < -0.4 is 9.80 Å². The van der Waals surface area contributed by atoms with Gasteiger partial charge in [-0.25, -0.2) is 0 Å². The van der Waals surface area contributed by atoms with Crippen LogP contribution in [0.3, 0.4) is 0 Å². The zero-order valence-electron chi connectivity index (χ0n) is 35.3. The summed E-state index contributed by atoms with van der Waals surface area (Å²) in [5.41, 5.74) is 13.9. The topological polar surface area (TPSA) is 6.48 Å². The Bertz CT molecular complexity index is 3400. The highest BCUT2D eigenvalue weighted by atomic mass is 15.1. The fourth-order valence-electron chi connectivity index (χ4n) is 8.95. The maximum Gasteiger partial charge on any atom is 0.0540 e. The first-order chi connectivity index (χ1) is 31.7. The van der Waals surface area contributed by atoms with Gasteiger partial charge in [-0.15, -0.1) is 0 Å². The molecule has 0 radical (unpaired) electrons. The van der Waals surface area contributed by atoms with Crippen molar-refractivity contribution in [2.45, 2.75) is 0 Å². The van der Waals surface area contributed by atoms with Crippen molar-refractivity contribution in [1.82, 2.24) is 0 Å². The van der Waals surface area contributed by atoms with Gasteiger partial charge in [0.15, 0.2) is 0 Å². The molecule has 0 aliphatic carbocycles. The molecule has 64 heavy (non-hydrogen) atoms. The standard InChI is InChI=1S/C62H44N2/c1-3-13-47(14-4-1)49-31-38-56(39-32-49)63(61-23-11-19-51-17-7-9-21-59(51)61)55-36-28-45(29-37-55)25-26-46-27-30-54-44-58(42-35-53(54)43-46)64(62-24-12-20-52-18-8-10-22-60(52)62)57-40-33-50(34-41-57)48-15-5-2-6-16-48/h1-44H/b26-25+. The summed E-state index contributed by atoms with van der Waals surface area (Å²) in [5, 5.41) is 7.24. The van der Waals surface area contributed by atoms with Gasteiger partial charge in [-0.3, -0.25) is 0 Å². The van der Waals surface area contributed by atoms with Crippen molar-refractivity contribution in [2.75, 3.05) is 9.80 Å². The van der Waals surface area contributed by atoms with E-state index in [1.54, 1.807) is 0 Å². The van der Waals surface area contributed by atoms with E-state index in [4.69, 9.17) is 0 Å². The highest BCUT2D eigenvalue weighted by molar-refractivity contribution is 6.01. The van der Waals surface area contributed by atoms with Gasteiger partial charge in [0.25, 0.3) is 0 Å². The van der Waals surface area contributed by atoms with Gasteiger partial charge in [-0.05, 0) is 122 Å². The molecule has 0 aliphatic heterocycles. The summed E-state index contributed by atoms with van der Waals surface area (Å²) in [5.74, 6) is 0. The Kier molecular flexibility index (Phi) is 10.3. The third kappa shape index (κ3) is 7.70. The Labute approximate surface area is 374 Å². The van der Waals surface area contributed by atoms with Gasteiger partial charge in [-0.1, -0.05) is 200 Å². The molecule has 0 N–H and O–H groups in total. The number of hydrogen-bond acceptors (Lipinski definition) is 2. The lowest BCUT2D eigenvalue weighted by atomic mass is 10.0. The van der Waals surface area contributed by atoms with Crippen molar-refractivity contribution in [3.8, 4) is 22.3 Å². The van der Waals surface area contributed by atoms with Crippen LogP contribution in [0.5, 0.6) is 0 Å². The smallest absolute Gasteiger partial charge is 0.0540 e. The number of hydrogen-bond donors (Lipinski definition) is 0. The number of nitrogens with zero attached hydrogens (tertiary/aromatic N) is 2. The van der Waals surface area contributed by atoms with Gasteiger partial charge in [0.05, 0.1) is 11.4 Å². The predicted octanol–water partition coefficient (Wildman–Crippen LogP) is 17.6. The first-order valence-electron chi connectivity index (χ1n) is 21.9. The summed E-state index contributed by atoms with van der Waals surface area (Å²) in [7, 11) is 0. The zero-order valence-corrected chi connectivity index (χ0v) is 35.3. The molecule has 0 fully saturated rings. The fourth-order valence-corrected chi connectivity index (χ4v) is 8.95. The molecule has 0 atom stereocenters. The van der Waals surface area contributed by atoms with Crippen LogP contribution in [0.1, 0.15) is 11.1 Å². The molecule has 0 unspecified atom stereocenters. The summed E-state index contributed by atoms with van der Waals surface area (Å²) in [6.45, 7) is 0. The number of benzene rings is 11. The molecule has 0 saturated carbocycles. The molecule has 0 bridgehead atoms. The van der Waals surface area contributed by atoms with Crippen molar-refractivity contribution in [3.63, 3.8) is 0 Å². The first kappa shape index (κ1) is 38.5. The minimum atomic E-state index is 1.10. The minimum absolute atomic E-state index is 1.10. The largest absolute Gasteiger partial charge is 0.310 e. The summed E-state index contributed by atoms with van der Waals surface area (Å²) in [6, 6.07) is 91.7. The van der Waals surface area contributed by atoms with Crippen LogP contribution in [0.25, 0.3) is 66.7 Å². The first-order valence-corrected chi connectivity index (χ1v) is 21.9. The van der Waals surface area contributed by atoms with Crippen molar-refractivity contribution in [3.05, 3.63) is 266 Å². The molecule has 302 valence electrons. The van der Waals surface area contributed by atoms with E-state index in [1.807, 2.05) is 0 Å². The van der Waals surface area contributed by atoms with E-state index >= 15 is 0 Å². The molecule has 11 aromatic carbocycles. The molecule has 11 rings (SSSR count). The molecule has 0 spiro atoms. The van der Waals surface area contributed by atoms with Gasteiger partial charge < -0.3 is 9.80 Å². The van der Waals surface area contributed by atoms with E-state index in [-0.39, 0.29) is 0 Å². The van der Waals surface area contributed by atoms with Crippen LogP contribution in [0, 0.1) is 0 Å². The molecular weight excluding hydrogens is 773 g/mol. The van der Waals surface area contributed by atoms with Gasteiger partial charge in [0, 0.05) is 33.5 Å². The fraction of sp³-hybridized carbons (Fsp3) is 0. The molecule has 0 saturated heterocycles. The molecule has 11 aromatic rings. The normalized spacial score (nSPS) is 11.4. The Morgan fingerprint density at radius 2 is 0.609 bits per heavy atom. The lowest BCUT2D eigenvalue weighted by Gasteiger charge is -2.27. The molecule has 2 heteroatoms. The molecule has 0 amide bonds. The van der Waals surface area contributed by atoms with Crippen LogP contribution in [0.15, 0.2) is 255 Å². The zero-order chi connectivity index (χ0) is 42.7. The van der Waals surface area contributed by atoms with Crippen LogP contribution in [0.4, 0.5) is 34.1 Å². The van der Waals surface area contributed by atoms with E-state index in [0.717, 1.165) is 45.3 Å². The Hall–Kier alpha value is -8.46. The second-order valence-electron chi connectivity index (χ2n) is 16.2. The van der Waals surface area contributed by atoms with Gasteiger partial charge in [0.2, 0.25) is 0 Å². The van der Waals surface area contributed by atoms with E-state index in [0.29, 0.717) is 0 Å². The van der Waals surface area contributed by atoms with Crippen molar-refractivity contribution in [1.29, 1.82) is 0 Å². The lowest BCUT2D eigenvalue weighted by molar-refractivity contribution is 1.30. The second-order valence-corrected chi connectivity index (χ2v) is 16.2. The highest BCUT2D eigenvalue weighted by Crippen LogP contribution is 2.42. The summed E-state index contributed by atoms with van der Waals surface area (Å²) >= 11 is 0. The van der Waals surface area contributed by atoms with E-state index in [9.17, 15) is 0 Å². The van der Waals surface area contributed by atoms with Gasteiger partial charge in [-0.2, -0.15) is 0 Å². The van der Waals surface area contributed by atoms with Gasteiger partial charge in [0.1, 0.15) is 0 Å². The van der Waals surface area contributed by atoms with Gasteiger partial charge >= 0.3 is 0 Å². The average molecular weight is 817 g/mol. The van der Waals surface area contributed by atoms with Crippen LogP contribution in [-0.2, 0) is 0 Å². The Morgan fingerprint density at radius 1 is 0.234 bits per heavy atom. The lowest BCUT2D eigenvalue weighted by Crippen LogP contribution is -2.10. The maximum absolute atomic E-state index is 2.38. The molecule has 2 nitrogen and oxygen atoms in total. The molecular formula is C62H44N2. The van der Waals surface area contributed by atoms with Crippen molar-refractivity contribution in [2.24, 2.45) is 0 Å². The minimum Gasteiger partial charge on any atom is -0.310 e. The van der Waals surface area contributed by atoms with Crippen molar-refractivity contribution < 1.29 is 0 Å². The molecule has 0 aromatic heterocycles. The quantitative estimate of drug-likeness (QED) is 0.127. The molecule has 0 heterocycles. The maximum atomic E-state index is 2.38. The summed E-state index contributed by atoms with van der Waals surface area (Å²) in [6.07, 6.45) is 4.42. The van der Waals surface area contributed by atoms with Crippen LogP contribution in [-0.4, -0.2) is 0 Å². The number of fused-ring (bicyclic) bond motifs is 3. The van der Waals surface area contributed by atoms with E-state index in [2.05, 4.69) is 277 Å². The van der Waals surface area contributed by atoms with E-state index in [1.165, 1.54) is 54.6 Å². The summed E-state index contributed by atoms with van der Waals surface area (Å²) < 4.78 is 0.